The predicted octanol–water partition coefficient (Wildman–Crippen LogP) is 1.55. The van der Waals surface area contributed by atoms with E-state index < -0.39 is 10.0 Å². The highest BCUT2D eigenvalue weighted by atomic mass is 35.5. The second kappa shape index (κ2) is 8.73. The number of aliphatic imine (C=N–C) groups is 1. The number of aromatic nitrogens is 1. The molecule has 1 aliphatic heterocycles. The molecular formula is C17H22ClN5O3S. The maximum atomic E-state index is 12.5. The molecule has 3 rings (SSSR count). The zero-order valence-electron chi connectivity index (χ0n) is 15.0. The molecule has 8 nitrogen and oxygen atoms in total. The minimum atomic E-state index is -3.41. The molecular weight excluding hydrogens is 390 g/mol. The van der Waals surface area contributed by atoms with E-state index in [0.29, 0.717) is 43.4 Å². The maximum Gasteiger partial charge on any atom is 0.220 e. The molecule has 2 heterocycles. The van der Waals surface area contributed by atoms with Gasteiger partial charge in [0.2, 0.25) is 10.0 Å². The molecule has 0 amide bonds. The van der Waals surface area contributed by atoms with E-state index in [0.717, 1.165) is 11.5 Å². The van der Waals surface area contributed by atoms with Gasteiger partial charge in [0.15, 0.2) is 5.96 Å². The molecule has 27 heavy (non-hydrogen) atoms. The third kappa shape index (κ3) is 5.21. The van der Waals surface area contributed by atoms with Crippen molar-refractivity contribution < 1.29 is 12.9 Å². The van der Waals surface area contributed by atoms with Crippen LogP contribution in [0.1, 0.15) is 11.3 Å². The van der Waals surface area contributed by atoms with Gasteiger partial charge in [0.05, 0.1) is 5.69 Å². The third-order valence-electron chi connectivity index (χ3n) is 4.33. The van der Waals surface area contributed by atoms with Crippen LogP contribution in [0.2, 0.25) is 5.02 Å². The number of hydrogen-bond donors (Lipinski definition) is 1. The molecule has 0 saturated carbocycles. The Morgan fingerprint density at radius 1 is 1.22 bits per heavy atom. The van der Waals surface area contributed by atoms with Crippen LogP contribution in [0.25, 0.3) is 0 Å². The van der Waals surface area contributed by atoms with Crippen LogP contribution in [0.15, 0.2) is 46.1 Å². The second-order valence-electron chi connectivity index (χ2n) is 6.16. The lowest BCUT2D eigenvalue weighted by atomic mass is 10.2. The predicted molar refractivity (Wildman–Crippen MR) is 104 cm³/mol. The first-order chi connectivity index (χ1) is 13.0. The van der Waals surface area contributed by atoms with Gasteiger partial charge in [-0.25, -0.2) is 8.42 Å². The lowest BCUT2D eigenvalue weighted by Crippen LogP contribution is -2.53. The number of guanidine groups is 1. The molecule has 0 aliphatic carbocycles. The van der Waals surface area contributed by atoms with Crippen molar-refractivity contribution in [1.29, 1.82) is 0 Å². The third-order valence-corrected chi connectivity index (χ3v) is 6.39. The zero-order chi connectivity index (χ0) is 19.3. The van der Waals surface area contributed by atoms with E-state index in [1.807, 2.05) is 24.3 Å². The van der Waals surface area contributed by atoms with E-state index in [9.17, 15) is 8.42 Å². The normalized spacial score (nSPS) is 16.5. The molecule has 1 saturated heterocycles. The van der Waals surface area contributed by atoms with Crippen molar-refractivity contribution in [2.45, 2.75) is 12.3 Å². The molecule has 2 aromatic rings. The molecule has 1 aliphatic rings. The number of nitrogens with zero attached hydrogens (tertiary/aromatic N) is 4. The van der Waals surface area contributed by atoms with Crippen molar-refractivity contribution in [1.82, 2.24) is 19.7 Å². The fourth-order valence-corrected chi connectivity index (χ4v) is 4.43. The van der Waals surface area contributed by atoms with Gasteiger partial charge in [0.1, 0.15) is 12.0 Å². The van der Waals surface area contributed by atoms with Gasteiger partial charge in [-0.15, -0.1) is 0 Å². The number of benzene rings is 1. The van der Waals surface area contributed by atoms with Gasteiger partial charge in [-0.05, 0) is 17.7 Å². The Hall–Kier alpha value is -2.10. The summed E-state index contributed by atoms with van der Waals surface area (Å²) in [4.78, 5) is 6.36. The largest absolute Gasteiger partial charge is 0.364 e. The van der Waals surface area contributed by atoms with Gasteiger partial charge >= 0.3 is 0 Å². The molecule has 0 atom stereocenters. The summed E-state index contributed by atoms with van der Waals surface area (Å²) < 4.78 is 31.2. The number of hydrogen-bond acceptors (Lipinski definition) is 5. The summed E-state index contributed by atoms with van der Waals surface area (Å²) in [5.41, 5.74) is 1.51. The van der Waals surface area contributed by atoms with Gasteiger partial charge in [-0.1, -0.05) is 28.9 Å². The minimum absolute atomic E-state index is 0.146. The van der Waals surface area contributed by atoms with E-state index in [1.54, 1.807) is 13.1 Å². The number of nitrogens with one attached hydrogen (secondary N) is 1. The number of rotatable bonds is 5. The van der Waals surface area contributed by atoms with Crippen LogP contribution < -0.4 is 5.32 Å². The Bertz CT molecular complexity index is 860. The summed E-state index contributed by atoms with van der Waals surface area (Å²) >= 11 is 5.90. The topological polar surface area (TPSA) is 91.0 Å². The Kier molecular flexibility index (Phi) is 6.35. The van der Waals surface area contributed by atoms with Crippen molar-refractivity contribution in [2.75, 3.05) is 33.2 Å². The highest BCUT2D eigenvalue weighted by Crippen LogP contribution is 2.13. The fraction of sp³-hybridized carbons (Fsp3) is 0.412. The molecule has 146 valence electrons. The standard InChI is InChI=1S/C17H22ClN5O3S/c1-19-17(20-12-14-2-4-15(18)5-3-14)22-7-9-23(10-8-22)27(24,25)13-16-6-11-26-21-16/h2-6,11H,7-10,12-13H2,1H3,(H,19,20). The highest BCUT2D eigenvalue weighted by Gasteiger charge is 2.28. The van der Waals surface area contributed by atoms with Crippen LogP contribution in [-0.4, -0.2) is 62.0 Å². The molecule has 0 spiro atoms. The first-order valence-electron chi connectivity index (χ1n) is 8.55. The summed E-state index contributed by atoms with van der Waals surface area (Å²) in [6.45, 7) is 2.56. The monoisotopic (exact) mass is 411 g/mol. The van der Waals surface area contributed by atoms with E-state index in [1.165, 1.54) is 10.6 Å². The van der Waals surface area contributed by atoms with Crippen LogP contribution in [0.4, 0.5) is 0 Å². The lowest BCUT2D eigenvalue weighted by molar-refractivity contribution is 0.259. The second-order valence-corrected chi connectivity index (χ2v) is 8.57. The van der Waals surface area contributed by atoms with Gasteiger partial charge < -0.3 is 14.7 Å². The molecule has 0 bridgehead atoms. The van der Waals surface area contributed by atoms with Crippen LogP contribution in [-0.2, 0) is 22.3 Å². The van der Waals surface area contributed by atoms with Crippen molar-refractivity contribution in [3.63, 3.8) is 0 Å². The minimum Gasteiger partial charge on any atom is -0.364 e. The first-order valence-corrected chi connectivity index (χ1v) is 10.5. The van der Waals surface area contributed by atoms with E-state index in [-0.39, 0.29) is 5.75 Å². The highest BCUT2D eigenvalue weighted by molar-refractivity contribution is 7.88. The Balaban J connectivity index is 1.53. The fourth-order valence-electron chi connectivity index (χ4n) is 2.88. The quantitative estimate of drug-likeness (QED) is 0.593. The average molecular weight is 412 g/mol. The van der Waals surface area contributed by atoms with Crippen LogP contribution in [0.5, 0.6) is 0 Å². The molecule has 10 heteroatoms. The number of piperazine rings is 1. The lowest BCUT2D eigenvalue weighted by Gasteiger charge is -2.35. The Labute approximate surface area is 163 Å². The van der Waals surface area contributed by atoms with Crippen LogP contribution in [0, 0.1) is 0 Å². The Morgan fingerprint density at radius 3 is 2.52 bits per heavy atom. The first kappa shape index (κ1) is 19.7. The molecule has 1 aromatic carbocycles. The Morgan fingerprint density at radius 2 is 1.93 bits per heavy atom. The van der Waals surface area contributed by atoms with Gasteiger partial charge in [-0.2, -0.15) is 4.31 Å². The maximum absolute atomic E-state index is 12.5. The molecule has 1 fully saturated rings. The molecule has 1 aromatic heterocycles. The van der Waals surface area contributed by atoms with Crippen molar-refractivity contribution >= 4 is 27.6 Å². The van der Waals surface area contributed by atoms with E-state index in [4.69, 9.17) is 16.1 Å². The van der Waals surface area contributed by atoms with E-state index >= 15 is 0 Å². The zero-order valence-corrected chi connectivity index (χ0v) is 16.6. The van der Waals surface area contributed by atoms with Crippen LogP contribution in [0.3, 0.4) is 0 Å². The average Bonchev–Trinajstić information content (AvgIpc) is 3.16. The van der Waals surface area contributed by atoms with Gasteiger partial charge in [0, 0.05) is 50.9 Å². The number of sulfonamides is 1. The summed E-state index contributed by atoms with van der Waals surface area (Å²) in [6, 6.07) is 9.17. The summed E-state index contributed by atoms with van der Waals surface area (Å²) in [7, 11) is -1.69. The smallest absolute Gasteiger partial charge is 0.220 e. The molecule has 1 N–H and O–H groups in total. The van der Waals surface area contributed by atoms with Gasteiger partial charge in [0.25, 0.3) is 0 Å². The van der Waals surface area contributed by atoms with Crippen molar-refractivity contribution in [3.8, 4) is 0 Å². The summed E-state index contributed by atoms with van der Waals surface area (Å²) in [6.07, 6.45) is 1.37. The van der Waals surface area contributed by atoms with Crippen LogP contribution >= 0.6 is 11.6 Å². The molecule has 0 radical (unpaired) electrons. The van der Waals surface area contributed by atoms with Crippen molar-refractivity contribution in [2.24, 2.45) is 4.99 Å². The molecule has 0 unspecified atom stereocenters. The summed E-state index contributed by atoms with van der Waals surface area (Å²) in [5, 5.41) is 7.69. The van der Waals surface area contributed by atoms with E-state index in [2.05, 4.69) is 20.4 Å². The van der Waals surface area contributed by atoms with Crippen molar-refractivity contribution in [3.05, 3.63) is 52.9 Å². The SMILES string of the molecule is CN=C(NCc1ccc(Cl)cc1)N1CCN(S(=O)(=O)Cc2ccon2)CC1. The number of halogens is 1. The van der Waals surface area contributed by atoms with Gasteiger partial charge in [-0.3, -0.25) is 4.99 Å². The summed E-state index contributed by atoms with van der Waals surface area (Å²) in [5.74, 6) is 0.603.